The van der Waals surface area contributed by atoms with E-state index < -0.39 is 5.97 Å². The van der Waals surface area contributed by atoms with Crippen LogP contribution in [0.3, 0.4) is 0 Å². The first kappa shape index (κ1) is 13.7. The minimum atomic E-state index is -0.775. The van der Waals surface area contributed by atoms with Crippen LogP contribution in [0.15, 0.2) is 0 Å². The van der Waals surface area contributed by atoms with E-state index in [9.17, 15) is 9.59 Å². The van der Waals surface area contributed by atoms with Crippen LogP contribution in [-0.2, 0) is 9.53 Å². The zero-order valence-corrected chi connectivity index (χ0v) is 11.6. The molecule has 2 atom stereocenters. The number of hydrogen-bond acceptors (Lipinski definition) is 3. The van der Waals surface area contributed by atoms with Crippen LogP contribution in [0.4, 0.5) is 4.79 Å². The van der Waals surface area contributed by atoms with Crippen molar-refractivity contribution in [2.45, 2.75) is 50.7 Å². The Bertz CT molecular complexity index is 396. The van der Waals surface area contributed by atoms with Gasteiger partial charge < -0.3 is 20.1 Å². The standard InChI is InChI=1S/C14H22N2O4/c17-12(18)6-14(4-1-5-14)9-15-13(19)16-7-10-2-3-11(8-16)20-10/h10-11H,1-9H2,(H,15,19)(H,17,18). The number of ether oxygens (including phenoxy) is 1. The van der Waals surface area contributed by atoms with Gasteiger partial charge in [0.2, 0.25) is 0 Å². The summed E-state index contributed by atoms with van der Waals surface area (Å²) in [6.07, 6.45) is 5.47. The molecule has 3 rings (SSSR count). The smallest absolute Gasteiger partial charge is 0.317 e. The highest BCUT2D eigenvalue weighted by atomic mass is 16.5. The number of carbonyl (C=O) groups excluding carboxylic acids is 1. The first-order chi connectivity index (χ1) is 9.56. The van der Waals surface area contributed by atoms with Gasteiger partial charge in [-0.1, -0.05) is 6.42 Å². The number of fused-ring (bicyclic) bond motifs is 2. The summed E-state index contributed by atoms with van der Waals surface area (Å²) in [7, 11) is 0. The molecular formula is C14H22N2O4. The Kier molecular flexibility index (Phi) is 3.58. The average molecular weight is 282 g/mol. The third-order valence-electron chi connectivity index (χ3n) is 4.89. The molecule has 1 aliphatic carbocycles. The maximum atomic E-state index is 12.2. The highest BCUT2D eigenvalue weighted by molar-refractivity contribution is 5.74. The molecule has 2 amide bonds. The Morgan fingerprint density at radius 2 is 1.90 bits per heavy atom. The van der Waals surface area contributed by atoms with Gasteiger partial charge in [-0.3, -0.25) is 4.79 Å². The van der Waals surface area contributed by atoms with Crippen LogP contribution in [0.2, 0.25) is 0 Å². The van der Waals surface area contributed by atoms with E-state index in [-0.39, 0.29) is 30.1 Å². The van der Waals surface area contributed by atoms with Crippen molar-refractivity contribution < 1.29 is 19.4 Å². The number of aliphatic carboxylic acids is 1. The van der Waals surface area contributed by atoms with Crippen LogP contribution < -0.4 is 5.32 Å². The van der Waals surface area contributed by atoms with Gasteiger partial charge >= 0.3 is 12.0 Å². The van der Waals surface area contributed by atoms with Crippen molar-refractivity contribution in [1.29, 1.82) is 0 Å². The SMILES string of the molecule is O=C(O)CC1(CNC(=O)N2CC3CCC(C2)O3)CCC1. The van der Waals surface area contributed by atoms with Gasteiger partial charge in [-0.2, -0.15) is 0 Å². The molecule has 2 unspecified atom stereocenters. The van der Waals surface area contributed by atoms with Crippen molar-refractivity contribution in [3.05, 3.63) is 0 Å². The average Bonchev–Trinajstić information content (AvgIpc) is 2.70. The predicted octanol–water partition coefficient (Wildman–Crippen LogP) is 1.20. The van der Waals surface area contributed by atoms with Gasteiger partial charge in [0.05, 0.1) is 18.6 Å². The molecule has 2 heterocycles. The fraction of sp³-hybridized carbons (Fsp3) is 0.857. The number of carboxylic acids is 1. The number of urea groups is 1. The van der Waals surface area contributed by atoms with Crippen molar-refractivity contribution in [1.82, 2.24) is 10.2 Å². The first-order valence-electron chi connectivity index (χ1n) is 7.46. The largest absolute Gasteiger partial charge is 0.481 e. The zero-order valence-electron chi connectivity index (χ0n) is 11.6. The van der Waals surface area contributed by atoms with Gasteiger partial charge in [-0.15, -0.1) is 0 Å². The van der Waals surface area contributed by atoms with E-state index in [4.69, 9.17) is 9.84 Å². The molecule has 20 heavy (non-hydrogen) atoms. The predicted molar refractivity (Wildman–Crippen MR) is 71.4 cm³/mol. The van der Waals surface area contributed by atoms with Crippen molar-refractivity contribution in [3.63, 3.8) is 0 Å². The van der Waals surface area contributed by atoms with Crippen LogP contribution in [-0.4, -0.2) is 53.8 Å². The molecule has 3 aliphatic rings. The first-order valence-corrected chi connectivity index (χ1v) is 7.46. The lowest BCUT2D eigenvalue weighted by molar-refractivity contribution is -0.141. The lowest BCUT2D eigenvalue weighted by Crippen LogP contribution is -2.52. The maximum Gasteiger partial charge on any atom is 0.317 e. The van der Waals surface area contributed by atoms with Crippen molar-refractivity contribution in [2.24, 2.45) is 5.41 Å². The van der Waals surface area contributed by atoms with E-state index >= 15 is 0 Å². The Hall–Kier alpha value is -1.30. The fourth-order valence-corrected chi connectivity index (χ4v) is 3.57. The summed E-state index contributed by atoms with van der Waals surface area (Å²) < 4.78 is 5.71. The number of morpholine rings is 1. The molecule has 6 nitrogen and oxygen atoms in total. The third kappa shape index (κ3) is 2.75. The minimum Gasteiger partial charge on any atom is -0.481 e. The molecule has 3 fully saturated rings. The summed E-state index contributed by atoms with van der Waals surface area (Å²) in [5.41, 5.74) is -0.216. The summed E-state index contributed by atoms with van der Waals surface area (Å²) in [5, 5.41) is 11.9. The number of amides is 2. The van der Waals surface area contributed by atoms with Gasteiger partial charge in [0.15, 0.2) is 0 Å². The Morgan fingerprint density at radius 1 is 1.25 bits per heavy atom. The number of rotatable bonds is 4. The summed E-state index contributed by atoms with van der Waals surface area (Å²) in [4.78, 5) is 24.9. The number of nitrogens with zero attached hydrogens (tertiary/aromatic N) is 1. The third-order valence-corrected chi connectivity index (χ3v) is 4.89. The van der Waals surface area contributed by atoms with Crippen molar-refractivity contribution in [2.75, 3.05) is 19.6 Å². The van der Waals surface area contributed by atoms with E-state index in [0.717, 1.165) is 32.1 Å². The monoisotopic (exact) mass is 282 g/mol. The van der Waals surface area contributed by atoms with Gasteiger partial charge in [-0.05, 0) is 31.1 Å². The summed E-state index contributed by atoms with van der Waals surface area (Å²) in [5.74, 6) is -0.775. The van der Waals surface area contributed by atoms with Crippen LogP contribution in [0.5, 0.6) is 0 Å². The van der Waals surface area contributed by atoms with E-state index in [0.29, 0.717) is 19.6 Å². The summed E-state index contributed by atoms with van der Waals surface area (Å²) >= 11 is 0. The molecule has 2 bridgehead atoms. The summed E-state index contributed by atoms with van der Waals surface area (Å²) in [6.45, 7) is 1.80. The quantitative estimate of drug-likeness (QED) is 0.812. The lowest BCUT2D eigenvalue weighted by Gasteiger charge is -2.41. The molecule has 112 valence electrons. The molecule has 0 aromatic heterocycles. The van der Waals surface area contributed by atoms with E-state index in [1.54, 1.807) is 0 Å². The molecule has 0 radical (unpaired) electrons. The molecule has 0 aromatic carbocycles. The van der Waals surface area contributed by atoms with E-state index in [2.05, 4.69) is 5.32 Å². The van der Waals surface area contributed by atoms with Crippen LogP contribution >= 0.6 is 0 Å². The molecule has 0 spiro atoms. The molecule has 2 saturated heterocycles. The molecule has 0 aromatic rings. The fourth-order valence-electron chi connectivity index (χ4n) is 3.57. The number of likely N-dealkylation sites (tertiary alicyclic amines) is 1. The zero-order chi connectivity index (χ0) is 14.2. The maximum absolute atomic E-state index is 12.2. The Balaban J connectivity index is 1.50. The topological polar surface area (TPSA) is 78.9 Å². The van der Waals surface area contributed by atoms with Crippen LogP contribution in [0, 0.1) is 5.41 Å². The number of carboxylic acid groups (broad SMARTS) is 1. The number of nitrogens with one attached hydrogen (secondary N) is 1. The normalized spacial score (nSPS) is 30.7. The van der Waals surface area contributed by atoms with Gasteiger partial charge in [0, 0.05) is 19.6 Å². The molecular weight excluding hydrogens is 260 g/mol. The number of carbonyl (C=O) groups is 2. The summed E-state index contributed by atoms with van der Waals surface area (Å²) in [6, 6.07) is -0.0677. The second-order valence-corrected chi connectivity index (χ2v) is 6.45. The van der Waals surface area contributed by atoms with Gasteiger partial charge in [0.1, 0.15) is 0 Å². The van der Waals surface area contributed by atoms with Crippen molar-refractivity contribution in [3.8, 4) is 0 Å². The van der Waals surface area contributed by atoms with Crippen molar-refractivity contribution >= 4 is 12.0 Å². The lowest BCUT2D eigenvalue weighted by atomic mass is 9.66. The second-order valence-electron chi connectivity index (χ2n) is 6.45. The highest BCUT2D eigenvalue weighted by Crippen LogP contribution is 2.43. The molecule has 1 saturated carbocycles. The molecule has 6 heteroatoms. The van der Waals surface area contributed by atoms with Gasteiger partial charge in [0.25, 0.3) is 0 Å². The highest BCUT2D eigenvalue weighted by Gasteiger charge is 2.40. The Labute approximate surface area is 118 Å². The number of hydrogen-bond donors (Lipinski definition) is 2. The van der Waals surface area contributed by atoms with Crippen LogP contribution in [0.25, 0.3) is 0 Å². The van der Waals surface area contributed by atoms with E-state index in [1.807, 2.05) is 4.90 Å². The van der Waals surface area contributed by atoms with Gasteiger partial charge in [-0.25, -0.2) is 4.79 Å². The molecule has 2 aliphatic heterocycles. The second kappa shape index (κ2) is 5.24. The Morgan fingerprint density at radius 3 is 2.40 bits per heavy atom. The van der Waals surface area contributed by atoms with Crippen LogP contribution in [0.1, 0.15) is 38.5 Å². The van der Waals surface area contributed by atoms with E-state index in [1.165, 1.54) is 0 Å². The molecule has 2 N–H and O–H groups in total. The minimum absolute atomic E-state index is 0.0677.